The van der Waals surface area contributed by atoms with Crippen LogP contribution in [0.5, 0.6) is 5.75 Å². The molecule has 2 aromatic rings. The fourth-order valence-corrected chi connectivity index (χ4v) is 3.58. The SMILES string of the molecule is CC1=CC(c2nc(-c3ccc4c(c3)CCO4)oc2C2CC2)=C(C#N)CN1. The first-order chi connectivity index (χ1) is 12.7. The number of hydrogen-bond donors (Lipinski definition) is 1. The van der Waals surface area contributed by atoms with Gasteiger partial charge in [-0.15, -0.1) is 0 Å². The maximum Gasteiger partial charge on any atom is 0.226 e. The fourth-order valence-electron chi connectivity index (χ4n) is 3.58. The minimum absolute atomic E-state index is 0.417. The third-order valence-electron chi connectivity index (χ3n) is 5.16. The molecule has 0 atom stereocenters. The van der Waals surface area contributed by atoms with E-state index in [1.54, 1.807) is 0 Å². The van der Waals surface area contributed by atoms with Gasteiger partial charge in [-0.1, -0.05) is 0 Å². The quantitative estimate of drug-likeness (QED) is 0.912. The lowest BCUT2D eigenvalue weighted by molar-refractivity contribution is 0.357. The van der Waals surface area contributed by atoms with E-state index >= 15 is 0 Å². The lowest BCUT2D eigenvalue weighted by Crippen LogP contribution is -2.19. The van der Waals surface area contributed by atoms with E-state index in [1.165, 1.54) is 5.56 Å². The molecule has 0 unspecified atom stereocenters. The molecule has 1 saturated carbocycles. The van der Waals surface area contributed by atoms with Crippen LogP contribution in [0.4, 0.5) is 0 Å². The summed E-state index contributed by atoms with van der Waals surface area (Å²) < 4.78 is 11.8. The van der Waals surface area contributed by atoms with Crippen molar-refractivity contribution in [1.29, 1.82) is 5.26 Å². The number of benzene rings is 1. The summed E-state index contributed by atoms with van der Waals surface area (Å²) in [5.74, 6) is 2.92. The predicted octanol–water partition coefficient (Wildman–Crippen LogP) is 3.94. The van der Waals surface area contributed by atoms with Crippen molar-refractivity contribution in [1.82, 2.24) is 10.3 Å². The van der Waals surface area contributed by atoms with Gasteiger partial charge in [0.1, 0.15) is 17.2 Å². The van der Waals surface area contributed by atoms with Gasteiger partial charge in [0, 0.05) is 29.2 Å². The number of allylic oxidation sites excluding steroid dienone is 3. The van der Waals surface area contributed by atoms with E-state index in [0.717, 1.165) is 59.9 Å². The zero-order valence-corrected chi connectivity index (χ0v) is 14.6. The minimum atomic E-state index is 0.417. The molecule has 26 heavy (non-hydrogen) atoms. The Morgan fingerprint density at radius 3 is 3.00 bits per heavy atom. The van der Waals surface area contributed by atoms with Gasteiger partial charge in [-0.3, -0.25) is 0 Å². The Hall–Kier alpha value is -3.00. The van der Waals surface area contributed by atoms with Gasteiger partial charge in [0.15, 0.2) is 0 Å². The Morgan fingerprint density at radius 2 is 2.19 bits per heavy atom. The van der Waals surface area contributed by atoms with Crippen molar-refractivity contribution >= 4 is 5.57 Å². The van der Waals surface area contributed by atoms with E-state index in [2.05, 4.69) is 17.5 Å². The zero-order chi connectivity index (χ0) is 17.7. The Kier molecular flexibility index (Phi) is 3.39. The van der Waals surface area contributed by atoms with Crippen molar-refractivity contribution in [3.05, 3.63) is 52.6 Å². The van der Waals surface area contributed by atoms with Crippen LogP contribution in [0, 0.1) is 11.3 Å². The Morgan fingerprint density at radius 1 is 1.31 bits per heavy atom. The average molecular weight is 345 g/mol. The molecule has 130 valence electrons. The molecule has 5 rings (SSSR count). The van der Waals surface area contributed by atoms with Gasteiger partial charge >= 0.3 is 0 Å². The minimum Gasteiger partial charge on any atom is -0.493 e. The topological polar surface area (TPSA) is 71.1 Å². The monoisotopic (exact) mass is 345 g/mol. The number of nitrogens with one attached hydrogen (secondary N) is 1. The van der Waals surface area contributed by atoms with Crippen LogP contribution < -0.4 is 10.1 Å². The molecule has 0 spiro atoms. The molecule has 0 saturated heterocycles. The number of aromatic nitrogens is 1. The lowest BCUT2D eigenvalue weighted by Gasteiger charge is -2.15. The summed E-state index contributed by atoms with van der Waals surface area (Å²) in [5.41, 5.74) is 5.64. The van der Waals surface area contributed by atoms with Crippen LogP contribution in [0.2, 0.25) is 0 Å². The Balaban J connectivity index is 1.63. The summed E-state index contributed by atoms with van der Waals surface area (Å²) in [6, 6.07) is 8.42. The first-order valence-corrected chi connectivity index (χ1v) is 9.05. The first-order valence-electron chi connectivity index (χ1n) is 9.05. The number of hydrogen-bond acceptors (Lipinski definition) is 5. The molecule has 1 aromatic carbocycles. The number of nitrogens with zero attached hydrogens (tertiary/aromatic N) is 2. The number of nitriles is 1. The van der Waals surface area contributed by atoms with E-state index in [9.17, 15) is 5.26 Å². The van der Waals surface area contributed by atoms with Crippen molar-refractivity contribution in [2.75, 3.05) is 13.2 Å². The number of dihydropyridines is 1. The van der Waals surface area contributed by atoms with Crippen LogP contribution >= 0.6 is 0 Å². The van der Waals surface area contributed by atoms with Crippen molar-refractivity contribution < 1.29 is 9.15 Å². The van der Waals surface area contributed by atoms with Gasteiger partial charge in [-0.05, 0) is 49.6 Å². The van der Waals surface area contributed by atoms with Crippen LogP contribution in [0.1, 0.15) is 42.7 Å². The average Bonchev–Trinajstić information content (AvgIpc) is 3.23. The Labute approximate surface area is 152 Å². The number of ether oxygens (including phenoxy) is 1. The van der Waals surface area contributed by atoms with Crippen LogP contribution in [0.15, 0.2) is 40.0 Å². The van der Waals surface area contributed by atoms with Crippen LogP contribution in [0.25, 0.3) is 17.0 Å². The molecular formula is C21H19N3O2. The van der Waals surface area contributed by atoms with Gasteiger partial charge in [0.2, 0.25) is 5.89 Å². The van der Waals surface area contributed by atoms with Crippen molar-refractivity contribution in [3.63, 3.8) is 0 Å². The Bertz CT molecular complexity index is 1000. The summed E-state index contributed by atoms with van der Waals surface area (Å²) in [4.78, 5) is 4.83. The zero-order valence-electron chi connectivity index (χ0n) is 14.6. The van der Waals surface area contributed by atoms with Gasteiger partial charge in [0.05, 0.1) is 24.8 Å². The van der Waals surface area contributed by atoms with Crippen LogP contribution in [0.3, 0.4) is 0 Å². The highest BCUT2D eigenvalue weighted by atomic mass is 16.5. The third kappa shape index (κ3) is 2.50. The maximum absolute atomic E-state index is 9.53. The second-order valence-electron chi connectivity index (χ2n) is 7.11. The van der Waals surface area contributed by atoms with Gasteiger partial charge < -0.3 is 14.5 Å². The highest BCUT2D eigenvalue weighted by molar-refractivity contribution is 5.81. The predicted molar refractivity (Wildman–Crippen MR) is 97.4 cm³/mol. The molecule has 1 aliphatic carbocycles. The molecular weight excluding hydrogens is 326 g/mol. The van der Waals surface area contributed by atoms with Crippen LogP contribution in [-0.2, 0) is 6.42 Å². The molecule has 0 radical (unpaired) electrons. The van der Waals surface area contributed by atoms with E-state index in [-0.39, 0.29) is 0 Å². The van der Waals surface area contributed by atoms with E-state index in [1.807, 2.05) is 25.1 Å². The second kappa shape index (κ2) is 5.77. The maximum atomic E-state index is 9.53. The molecule has 0 amide bonds. The molecule has 5 nitrogen and oxygen atoms in total. The van der Waals surface area contributed by atoms with E-state index < -0.39 is 0 Å². The van der Waals surface area contributed by atoms with Crippen molar-refractivity contribution in [3.8, 4) is 23.3 Å². The first kappa shape index (κ1) is 15.3. The second-order valence-corrected chi connectivity index (χ2v) is 7.11. The van der Waals surface area contributed by atoms with Gasteiger partial charge in [-0.2, -0.15) is 5.26 Å². The number of fused-ring (bicyclic) bond motifs is 1. The summed E-state index contributed by atoms with van der Waals surface area (Å²) in [5, 5.41) is 12.8. The normalized spacial score (nSPS) is 18.7. The molecule has 1 fully saturated rings. The highest BCUT2D eigenvalue weighted by Gasteiger charge is 2.33. The smallest absolute Gasteiger partial charge is 0.226 e. The third-order valence-corrected chi connectivity index (χ3v) is 5.16. The molecule has 3 aliphatic rings. The van der Waals surface area contributed by atoms with Gasteiger partial charge in [-0.25, -0.2) is 4.98 Å². The van der Waals surface area contributed by atoms with E-state index in [4.69, 9.17) is 14.1 Å². The standard InChI is InChI=1S/C21H19N3O2/c1-12-8-17(16(10-22)11-23-12)19-20(13-2-3-13)26-21(24-19)15-4-5-18-14(9-15)6-7-25-18/h4-5,8-9,13,23H,2-3,6-7,11H2,1H3. The molecule has 5 heteroatoms. The highest BCUT2D eigenvalue weighted by Crippen LogP contribution is 2.46. The largest absolute Gasteiger partial charge is 0.493 e. The molecule has 0 bridgehead atoms. The lowest BCUT2D eigenvalue weighted by atomic mass is 9.99. The molecule has 1 N–H and O–H groups in total. The van der Waals surface area contributed by atoms with E-state index in [0.29, 0.717) is 23.9 Å². The summed E-state index contributed by atoms with van der Waals surface area (Å²) >= 11 is 0. The van der Waals surface area contributed by atoms with Gasteiger partial charge in [0.25, 0.3) is 0 Å². The number of oxazole rings is 1. The number of rotatable bonds is 3. The summed E-state index contributed by atoms with van der Waals surface area (Å²) in [7, 11) is 0. The van der Waals surface area contributed by atoms with Crippen molar-refractivity contribution in [2.45, 2.75) is 32.1 Å². The van der Waals surface area contributed by atoms with Crippen molar-refractivity contribution in [2.24, 2.45) is 0 Å². The molecule has 1 aromatic heterocycles. The molecule has 3 heterocycles. The fraction of sp³-hybridized carbons (Fsp3) is 0.333. The molecule has 2 aliphatic heterocycles. The van der Waals surface area contributed by atoms with Crippen LogP contribution in [-0.4, -0.2) is 18.1 Å². The summed E-state index contributed by atoms with van der Waals surface area (Å²) in [6.07, 6.45) is 5.17. The summed E-state index contributed by atoms with van der Waals surface area (Å²) in [6.45, 7) is 3.28.